The summed E-state index contributed by atoms with van der Waals surface area (Å²) in [7, 11) is -2.36. The number of fused-ring (bicyclic) bond motifs is 1. The lowest BCUT2D eigenvalue weighted by atomic mass is 9.85. The number of hydrogen-bond acceptors (Lipinski definition) is 5. The third-order valence-electron chi connectivity index (χ3n) is 5.74. The minimum atomic E-state index is -3.90. The molecule has 3 aromatic rings. The van der Waals surface area contributed by atoms with Gasteiger partial charge in [0.05, 0.1) is 30.0 Å². The number of aromatic nitrogens is 2. The molecule has 1 aliphatic carbocycles. The Labute approximate surface area is 171 Å². The van der Waals surface area contributed by atoms with E-state index in [2.05, 4.69) is 4.98 Å². The van der Waals surface area contributed by atoms with Gasteiger partial charge in [0.25, 0.3) is 10.0 Å². The summed E-state index contributed by atoms with van der Waals surface area (Å²) in [4.78, 5) is 4.51. The quantitative estimate of drug-likeness (QED) is 0.651. The minimum absolute atomic E-state index is 0.168. The molecule has 29 heavy (non-hydrogen) atoms. The molecule has 0 bridgehead atoms. The summed E-state index contributed by atoms with van der Waals surface area (Å²) < 4.78 is 33.4. The fraction of sp³-hybridized carbons (Fsp3) is 0.409. The monoisotopic (exact) mass is 414 g/mol. The Morgan fingerprint density at radius 2 is 1.90 bits per heavy atom. The molecular formula is C22H26N2O4S. The van der Waals surface area contributed by atoms with Crippen LogP contribution in [0.3, 0.4) is 0 Å². The third kappa shape index (κ3) is 3.89. The predicted octanol–water partition coefficient (Wildman–Crippen LogP) is 4.29. The molecule has 1 atom stereocenters. The van der Waals surface area contributed by atoms with E-state index in [1.165, 1.54) is 29.4 Å². The Hall–Kier alpha value is -2.38. The fourth-order valence-electron chi connectivity index (χ4n) is 4.22. The van der Waals surface area contributed by atoms with Crippen molar-refractivity contribution in [3.8, 4) is 5.75 Å². The molecule has 1 unspecified atom stereocenters. The fourth-order valence-corrected chi connectivity index (χ4v) is 5.77. The lowest BCUT2D eigenvalue weighted by Gasteiger charge is -2.24. The van der Waals surface area contributed by atoms with Gasteiger partial charge >= 0.3 is 0 Å². The van der Waals surface area contributed by atoms with Crippen LogP contribution in [0, 0.1) is 5.92 Å². The Kier molecular flexibility index (Phi) is 5.61. The van der Waals surface area contributed by atoms with Crippen LogP contribution in [-0.4, -0.2) is 29.6 Å². The van der Waals surface area contributed by atoms with E-state index < -0.39 is 16.1 Å². The normalized spacial score (nSPS) is 16.8. The molecule has 2 aromatic heterocycles. The maximum absolute atomic E-state index is 13.5. The number of aliphatic hydroxyl groups excluding tert-OH is 1. The maximum atomic E-state index is 13.5. The van der Waals surface area contributed by atoms with Crippen molar-refractivity contribution < 1.29 is 18.3 Å². The Morgan fingerprint density at radius 3 is 2.59 bits per heavy atom. The van der Waals surface area contributed by atoms with Crippen molar-refractivity contribution >= 4 is 21.1 Å². The summed E-state index contributed by atoms with van der Waals surface area (Å²) in [6.07, 6.45) is 6.90. The number of ether oxygens (including phenoxy) is 1. The maximum Gasteiger partial charge on any atom is 0.269 e. The van der Waals surface area contributed by atoms with Gasteiger partial charge in [-0.3, -0.25) is 0 Å². The summed E-state index contributed by atoms with van der Waals surface area (Å²) in [5.74, 6) is 0.951. The van der Waals surface area contributed by atoms with Crippen LogP contribution in [-0.2, 0) is 10.0 Å². The van der Waals surface area contributed by atoms with E-state index in [1.54, 1.807) is 49.6 Å². The van der Waals surface area contributed by atoms with Crippen molar-refractivity contribution in [3.63, 3.8) is 0 Å². The van der Waals surface area contributed by atoms with E-state index in [0.29, 0.717) is 34.8 Å². The van der Waals surface area contributed by atoms with Crippen LogP contribution in [0.25, 0.3) is 11.0 Å². The lowest BCUT2D eigenvalue weighted by Crippen LogP contribution is -2.20. The molecule has 7 heteroatoms. The molecule has 1 N–H and O–H groups in total. The van der Waals surface area contributed by atoms with Gasteiger partial charge in [-0.15, -0.1) is 0 Å². The number of rotatable bonds is 6. The zero-order chi connectivity index (χ0) is 20.4. The van der Waals surface area contributed by atoms with E-state index >= 15 is 0 Å². The van der Waals surface area contributed by atoms with Crippen LogP contribution >= 0.6 is 0 Å². The van der Waals surface area contributed by atoms with Crippen LogP contribution in [0.2, 0.25) is 0 Å². The zero-order valence-corrected chi connectivity index (χ0v) is 17.3. The first kappa shape index (κ1) is 19.9. The Morgan fingerprint density at radius 1 is 1.17 bits per heavy atom. The molecule has 4 rings (SSSR count). The highest BCUT2D eigenvalue weighted by Crippen LogP contribution is 2.35. The molecule has 1 saturated carbocycles. The van der Waals surface area contributed by atoms with Gasteiger partial charge < -0.3 is 9.84 Å². The summed E-state index contributed by atoms with van der Waals surface area (Å²) in [5.41, 5.74) is 0.655. The number of methoxy groups -OCH3 is 1. The summed E-state index contributed by atoms with van der Waals surface area (Å²) in [6.45, 7) is 0. The summed E-state index contributed by atoms with van der Waals surface area (Å²) in [5, 5.41) is 11.7. The number of pyridine rings is 1. The van der Waals surface area contributed by atoms with Crippen molar-refractivity contribution in [2.75, 3.05) is 7.11 Å². The number of nitrogens with zero attached hydrogens (tertiary/aromatic N) is 2. The van der Waals surface area contributed by atoms with E-state index in [4.69, 9.17) is 4.74 Å². The largest absolute Gasteiger partial charge is 0.495 e. The molecular weight excluding hydrogens is 388 g/mol. The highest BCUT2D eigenvalue weighted by molar-refractivity contribution is 7.90. The highest BCUT2D eigenvalue weighted by atomic mass is 32.2. The molecule has 0 saturated heterocycles. The van der Waals surface area contributed by atoms with Crippen molar-refractivity contribution in [2.24, 2.45) is 5.92 Å². The Bertz CT molecular complexity index is 1090. The van der Waals surface area contributed by atoms with Gasteiger partial charge in [-0.2, -0.15) is 0 Å². The molecule has 0 amide bonds. The molecule has 6 nitrogen and oxygen atoms in total. The smallest absolute Gasteiger partial charge is 0.269 e. The van der Waals surface area contributed by atoms with Gasteiger partial charge in [-0.25, -0.2) is 17.4 Å². The molecule has 0 spiro atoms. The second-order valence-corrected chi connectivity index (χ2v) is 9.48. The second kappa shape index (κ2) is 8.16. The predicted molar refractivity (Wildman–Crippen MR) is 111 cm³/mol. The van der Waals surface area contributed by atoms with Gasteiger partial charge in [-0.05, 0) is 36.6 Å². The van der Waals surface area contributed by atoms with Crippen LogP contribution in [0.15, 0.2) is 53.6 Å². The van der Waals surface area contributed by atoms with E-state index in [1.807, 2.05) is 0 Å². The lowest BCUT2D eigenvalue weighted by molar-refractivity contribution is 0.127. The first-order chi connectivity index (χ1) is 14.0. The van der Waals surface area contributed by atoms with Crippen molar-refractivity contribution in [1.29, 1.82) is 0 Å². The summed E-state index contributed by atoms with van der Waals surface area (Å²) >= 11 is 0. The molecule has 0 aliphatic heterocycles. The van der Waals surface area contributed by atoms with Crippen LogP contribution in [0.5, 0.6) is 5.75 Å². The van der Waals surface area contributed by atoms with Crippen LogP contribution in [0.4, 0.5) is 0 Å². The second-order valence-electron chi connectivity index (χ2n) is 7.70. The van der Waals surface area contributed by atoms with E-state index in [-0.39, 0.29) is 4.90 Å². The van der Waals surface area contributed by atoms with Gasteiger partial charge in [-0.1, -0.05) is 50.3 Å². The van der Waals surface area contributed by atoms with Crippen LogP contribution in [0.1, 0.15) is 50.3 Å². The Balaban J connectivity index is 1.83. The SMILES string of the molecule is COc1cnc2c(c1)cc(C(O)CC1CCCCC1)n2S(=O)(=O)c1ccccc1. The third-order valence-corrected chi connectivity index (χ3v) is 7.47. The average molecular weight is 415 g/mol. The standard InChI is InChI=1S/C22H26N2O4S/c1-28-18-13-17-14-20(21(25)12-16-8-4-2-5-9-16)24(22(17)23-15-18)29(26,27)19-10-6-3-7-11-19/h3,6-7,10-11,13-16,21,25H,2,4-5,8-9,12H2,1H3. The molecule has 154 valence electrons. The molecule has 0 radical (unpaired) electrons. The van der Waals surface area contributed by atoms with E-state index in [9.17, 15) is 13.5 Å². The zero-order valence-electron chi connectivity index (χ0n) is 16.5. The molecule has 1 aromatic carbocycles. The number of benzene rings is 1. The topological polar surface area (TPSA) is 81.4 Å². The van der Waals surface area contributed by atoms with E-state index in [0.717, 1.165) is 12.8 Å². The van der Waals surface area contributed by atoms with Gasteiger partial charge in [0.1, 0.15) is 5.75 Å². The first-order valence-electron chi connectivity index (χ1n) is 10.0. The van der Waals surface area contributed by atoms with Crippen molar-refractivity contribution in [1.82, 2.24) is 8.96 Å². The average Bonchev–Trinajstić information content (AvgIpc) is 3.14. The minimum Gasteiger partial charge on any atom is -0.495 e. The number of hydrogen-bond donors (Lipinski definition) is 1. The highest BCUT2D eigenvalue weighted by Gasteiger charge is 2.29. The van der Waals surface area contributed by atoms with Crippen molar-refractivity contribution in [2.45, 2.75) is 49.5 Å². The number of aliphatic hydroxyl groups is 1. The molecule has 2 heterocycles. The van der Waals surface area contributed by atoms with Crippen LogP contribution < -0.4 is 4.74 Å². The first-order valence-corrected chi connectivity index (χ1v) is 11.5. The van der Waals surface area contributed by atoms with Gasteiger partial charge in [0.2, 0.25) is 0 Å². The van der Waals surface area contributed by atoms with Crippen molar-refractivity contribution in [3.05, 3.63) is 54.4 Å². The molecule has 1 fully saturated rings. The summed E-state index contributed by atoms with van der Waals surface area (Å²) in [6, 6.07) is 11.7. The van der Waals surface area contributed by atoms with Gasteiger partial charge in [0.15, 0.2) is 5.65 Å². The van der Waals surface area contributed by atoms with Gasteiger partial charge in [0, 0.05) is 5.39 Å². The molecule has 1 aliphatic rings.